The molecule has 2 unspecified atom stereocenters. The number of benzene rings is 1. The Morgan fingerprint density at radius 1 is 1.07 bits per heavy atom. The van der Waals surface area contributed by atoms with Crippen LogP contribution in [0.25, 0.3) is 0 Å². The van der Waals surface area contributed by atoms with Gasteiger partial charge in [-0.25, -0.2) is 0 Å². The normalized spacial score (nSPS) is 26.5. The molecule has 168 valence electrons. The van der Waals surface area contributed by atoms with Crippen LogP contribution in [0.15, 0.2) is 35.3 Å². The molecule has 3 fully saturated rings. The number of piperidine rings is 1. The molecule has 1 saturated carbocycles. The Morgan fingerprint density at radius 2 is 1.80 bits per heavy atom. The molecule has 2 aliphatic heterocycles. The average Bonchev–Trinajstić information content (AvgIpc) is 3.46. The Morgan fingerprint density at radius 3 is 2.50 bits per heavy atom. The van der Waals surface area contributed by atoms with Crippen molar-refractivity contribution >= 4 is 29.9 Å². The first kappa shape index (κ1) is 23.8. The van der Waals surface area contributed by atoms with Gasteiger partial charge in [0.05, 0.1) is 6.10 Å². The van der Waals surface area contributed by atoms with Crippen LogP contribution in [0.5, 0.6) is 0 Å². The van der Waals surface area contributed by atoms with Gasteiger partial charge in [0.1, 0.15) is 0 Å². The van der Waals surface area contributed by atoms with Gasteiger partial charge in [0.25, 0.3) is 0 Å². The quantitative estimate of drug-likeness (QED) is 0.329. The van der Waals surface area contributed by atoms with Crippen LogP contribution in [0.3, 0.4) is 0 Å². The lowest BCUT2D eigenvalue weighted by molar-refractivity contribution is 0.0925. The Hall–Kier alpha value is -0.860. The molecule has 0 aromatic heterocycles. The van der Waals surface area contributed by atoms with E-state index in [-0.39, 0.29) is 30.1 Å². The number of hydrogen-bond donors (Lipinski definition) is 2. The smallest absolute Gasteiger partial charge is 0.191 e. The molecular weight excluding hydrogens is 487 g/mol. The Bertz CT molecular complexity index is 642. The third-order valence-corrected chi connectivity index (χ3v) is 6.88. The number of likely N-dealkylation sites (tertiary alicyclic amines) is 1. The summed E-state index contributed by atoms with van der Waals surface area (Å²) in [6.45, 7) is 7.16. The van der Waals surface area contributed by atoms with Crippen LogP contribution in [0, 0.1) is 5.92 Å². The predicted molar refractivity (Wildman–Crippen MR) is 135 cm³/mol. The number of ether oxygens (including phenoxy) is 1. The van der Waals surface area contributed by atoms with Crippen molar-refractivity contribution in [2.45, 2.75) is 70.1 Å². The standard InChI is InChI=1S/C24H38N4O.HI/c1-2-25-24(27-21-12-15-28(16-13-21)22-10-6-7-11-22)26-18-20-14-17-29-23(20)19-8-4-3-5-9-19;/h3-5,8-9,20-23H,2,6-7,10-18H2,1H3,(H2,25,26,27);1H. The molecular formula is C24H39IN4O. The lowest BCUT2D eigenvalue weighted by atomic mass is 9.95. The van der Waals surface area contributed by atoms with Crippen molar-refractivity contribution in [3.8, 4) is 0 Å². The first-order valence-electron chi connectivity index (χ1n) is 11.8. The zero-order valence-corrected chi connectivity index (χ0v) is 20.7. The zero-order chi connectivity index (χ0) is 19.9. The van der Waals surface area contributed by atoms with Crippen molar-refractivity contribution in [1.29, 1.82) is 0 Å². The highest BCUT2D eigenvalue weighted by Crippen LogP contribution is 2.34. The average molecular weight is 527 g/mol. The van der Waals surface area contributed by atoms with Crippen molar-refractivity contribution in [2.75, 3.05) is 32.8 Å². The maximum absolute atomic E-state index is 6.04. The number of nitrogens with one attached hydrogen (secondary N) is 2. The maximum Gasteiger partial charge on any atom is 0.191 e. The molecule has 4 rings (SSSR count). The van der Waals surface area contributed by atoms with Gasteiger partial charge in [0, 0.05) is 50.8 Å². The first-order valence-corrected chi connectivity index (χ1v) is 11.8. The molecule has 30 heavy (non-hydrogen) atoms. The molecule has 1 aliphatic carbocycles. The molecule has 1 aromatic carbocycles. The molecule has 5 nitrogen and oxygen atoms in total. The minimum absolute atomic E-state index is 0. The number of rotatable bonds is 6. The van der Waals surface area contributed by atoms with Crippen molar-refractivity contribution in [2.24, 2.45) is 10.9 Å². The molecule has 1 aromatic rings. The molecule has 0 spiro atoms. The molecule has 2 N–H and O–H groups in total. The van der Waals surface area contributed by atoms with Crippen LogP contribution >= 0.6 is 24.0 Å². The molecule has 3 aliphatic rings. The van der Waals surface area contributed by atoms with Crippen LogP contribution in [-0.4, -0.2) is 55.7 Å². The van der Waals surface area contributed by atoms with Crippen LogP contribution in [0.1, 0.15) is 63.5 Å². The maximum atomic E-state index is 6.04. The van der Waals surface area contributed by atoms with E-state index in [0.29, 0.717) is 12.0 Å². The first-order chi connectivity index (χ1) is 14.3. The van der Waals surface area contributed by atoms with Gasteiger partial charge in [-0.3, -0.25) is 4.99 Å². The predicted octanol–water partition coefficient (Wildman–Crippen LogP) is 4.34. The fraction of sp³-hybridized carbons (Fsp3) is 0.708. The summed E-state index contributed by atoms with van der Waals surface area (Å²) in [6.07, 6.45) is 9.38. The van der Waals surface area contributed by atoms with Gasteiger partial charge in [0.15, 0.2) is 5.96 Å². The van der Waals surface area contributed by atoms with Gasteiger partial charge in [-0.05, 0) is 44.6 Å². The molecule has 0 amide bonds. The van der Waals surface area contributed by atoms with Crippen molar-refractivity contribution in [3.63, 3.8) is 0 Å². The molecule has 2 heterocycles. The van der Waals surface area contributed by atoms with Crippen LogP contribution in [-0.2, 0) is 4.74 Å². The molecule has 2 saturated heterocycles. The van der Waals surface area contributed by atoms with E-state index >= 15 is 0 Å². The fourth-order valence-electron chi connectivity index (χ4n) is 5.23. The van der Waals surface area contributed by atoms with Gasteiger partial charge in [-0.1, -0.05) is 43.2 Å². The second-order valence-electron chi connectivity index (χ2n) is 8.86. The summed E-state index contributed by atoms with van der Waals surface area (Å²) < 4.78 is 6.04. The summed E-state index contributed by atoms with van der Waals surface area (Å²) >= 11 is 0. The number of halogens is 1. The van der Waals surface area contributed by atoms with Crippen molar-refractivity contribution in [3.05, 3.63) is 35.9 Å². The summed E-state index contributed by atoms with van der Waals surface area (Å²) in [5, 5.41) is 7.18. The lowest BCUT2D eigenvalue weighted by Crippen LogP contribution is -2.50. The van der Waals surface area contributed by atoms with Crippen molar-refractivity contribution < 1.29 is 4.74 Å². The monoisotopic (exact) mass is 526 g/mol. The van der Waals surface area contributed by atoms with Gasteiger partial charge < -0.3 is 20.3 Å². The zero-order valence-electron chi connectivity index (χ0n) is 18.4. The molecule has 6 heteroatoms. The van der Waals surface area contributed by atoms with E-state index in [2.05, 4.69) is 52.8 Å². The minimum Gasteiger partial charge on any atom is -0.373 e. The van der Waals surface area contributed by atoms with Gasteiger partial charge in [-0.2, -0.15) is 0 Å². The van der Waals surface area contributed by atoms with E-state index in [9.17, 15) is 0 Å². The van der Waals surface area contributed by atoms with E-state index < -0.39 is 0 Å². The number of nitrogens with zero attached hydrogens (tertiary/aromatic N) is 2. The SMILES string of the molecule is CCNC(=NCC1CCOC1c1ccccc1)NC1CCN(C2CCCC2)CC1.I. The van der Waals surface area contributed by atoms with E-state index in [1.165, 1.54) is 57.2 Å². The largest absolute Gasteiger partial charge is 0.373 e. The summed E-state index contributed by atoms with van der Waals surface area (Å²) in [4.78, 5) is 7.69. The number of aliphatic imine (C=N–C) groups is 1. The third kappa shape index (κ3) is 6.33. The molecule has 0 bridgehead atoms. The van der Waals surface area contributed by atoms with Crippen molar-refractivity contribution in [1.82, 2.24) is 15.5 Å². The molecule has 0 radical (unpaired) electrons. The van der Waals surface area contributed by atoms with Gasteiger partial charge in [0.2, 0.25) is 0 Å². The summed E-state index contributed by atoms with van der Waals surface area (Å²) in [5.74, 6) is 1.43. The van der Waals surface area contributed by atoms with E-state index in [1.807, 2.05) is 0 Å². The van der Waals surface area contributed by atoms with E-state index in [4.69, 9.17) is 9.73 Å². The van der Waals surface area contributed by atoms with E-state index in [1.54, 1.807) is 0 Å². The lowest BCUT2D eigenvalue weighted by Gasteiger charge is -2.36. The Balaban J connectivity index is 0.00000256. The summed E-state index contributed by atoms with van der Waals surface area (Å²) in [5.41, 5.74) is 1.28. The van der Waals surface area contributed by atoms with Crippen LogP contribution in [0.4, 0.5) is 0 Å². The minimum atomic E-state index is 0. The van der Waals surface area contributed by atoms with Crippen LogP contribution < -0.4 is 10.6 Å². The van der Waals surface area contributed by atoms with Gasteiger partial charge in [-0.15, -0.1) is 24.0 Å². The number of guanidine groups is 1. The summed E-state index contributed by atoms with van der Waals surface area (Å²) in [7, 11) is 0. The van der Waals surface area contributed by atoms with E-state index in [0.717, 1.165) is 38.1 Å². The second-order valence-corrected chi connectivity index (χ2v) is 8.86. The Kier molecular flexibility index (Phi) is 9.71. The highest BCUT2D eigenvalue weighted by molar-refractivity contribution is 14.0. The summed E-state index contributed by atoms with van der Waals surface area (Å²) in [6, 6.07) is 12.0. The third-order valence-electron chi connectivity index (χ3n) is 6.88. The highest BCUT2D eigenvalue weighted by Gasteiger charge is 2.30. The van der Waals surface area contributed by atoms with Gasteiger partial charge >= 0.3 is 0 Å². The Labute approximate surface area is 199 Å². The topological polar surface area (TPSA) is 48.9 Å². The fourth-order valence-corrected chi connectivity index (χ4v) is 5.23. The second kappa shape index (κ2) is 12.2. The number of hydrogen-bond acceptors (Lipinski definition) is 3. The highest BCUT2D eigenvalue weighted by atomic mass is 127. The molecule has 2 atom stereocenters. The van der Waals surface area contributed by atoms with Crippen LogP contribution in [0.2, 0.25) is 0 Å².